The quantitative estimate of drug-likeness (QED) is 0.712. The highest BCUT2D eigenvalue weighted by molar-refractivity contribution is 9.09. The molecule has 0 bridgehead atoms. The number of likely N-dealkylation sites (tertiary alicyclic amines) is 1. The molecule has 1 aliphatic heterocycles. The lowest BCUT2D eigenvalue weighted by Gasteiger charge is -2.28. The maximum absolute atomic E-state index is 11.9. The second-order valence-electron chi connectivity index (χ2n) is 3.74. The number of halogens is 1. The average Bonchev–Trinajstić information content (AvgIpc) is 2.65. The molecule has 1 amide bonds. The van der Waals surface area contributed by atoms with Crippen LogP contribution in [-0.4, -0.2) is 43.7 Å². The monoisotopic (exact) mass is 272 g/mol. The van der Waals surface area contributed by atoms with Crippen molar-refractivity contribution in [2.45, 2.75) is 17.7 Å². The lowest BCUT2D eigenvalue weighted by Crippen LogP contribution is -2.38. The van der Waals surface area contributed by atoms with Crippen LogP contribution in [-0.2, 0) is 7.05 Å². The molecular weight excluding hydrogens is 260 g/mol. The van der Waals surface area contributed by atoms with E-state index in [4.69, 9.17) is 0 Å². The second kappa shape index (κ2) is 4.30. The SMILES string of the molecule is Cn1cc(C(=O)N2CCC(Br)CC2)nn1. The van der Waals surface area contributed by atoms with Gasteiger partial charge in [-0.1, -0.05) is 21.1 Å². The van der Waals surface area contributed by atoms with Crippen molar-refractivity contribution in [3.05, 3.63) is 11.9 Å². The van der Waals surface area contributed by atoms with E-state index < -0.39 is 0 Å². The van der Waals surface area contributed by atoms with Gasteiger partial charge in [0.2, 0.25) is 0 Å². The molecule has 0 N–H and O–H groups in total. The molecule has 2 heterocycles. The summed E-state index contributed by atoms with van der Waals surface area (Å²) in [6, 6.07) is 0. The summed E-state index contributed by atoms with van der Waals surface area (Å²) in [6.45, 7) is 1.59. The first-order valence-electron chi connectivity index (χ1n) is 4.96. The molecule has 1 aromatic heterocycles. The van der Waals surface area contributed by atoms with Crippen LogP contribution in [0.4, 0.5) is 0 Å². The molecule has 0 radical (unpaired) electrons. The largest absolute Gasteiger partial charge is 0.337 e. The van der Waals surface area contributed by atoms with Crippen LogP contribution in [0.15, 0.2) is 6.20 Å². The van der Waals surface area contributed by atoms with Gasteiger partial charge < -0.3 is 4.90 Å². The molecule has 1 saturated heterocycles. The van der Waals surface area contributed by atoms with E-state index in [-0.39, 0.29) is 5.91 Å². The van der Waals surface area contributed by atoms with E-state index in [1.807, 2.05) is 4.90 Å². The summed E-state index contributed by atoms with van der Waals surface area (Å²) in [4.78, 5) is 14.3. The van der Waals surface area contributed by atoms with Crippen LogP contribution in [0.5, 0.6) is 0 Å². The molecule has 0 atom stereocenters. The van der Waals surface area contributed by atoms with Gasteiger partial charge in [-0.25, -0.2) is 0 Å². The van der Waals surface area contributed by atoms with Gasteiger partial charge in [0, 0.05) is 25.0 Å². The van der Waals surface area contributed by atoms with Crippen LogP contribution < -0.4 is 0 Å². The fourth-order valence-corrected chi connectivity index (χ4v) is 2.07. The van der Waals surface area contributed by atoms with Crippen LogP contribution >= 0.6 is 15.9 Å². The fraction of sp³-hybridized carbons (Fsp3) is 0.667. The van der Waals surface area contributed by atoms with Gasteiger partial charge in [0.25, 0.3) is 5.91 Å². The number of aromatic nitrogens is 3. The zero-order valence-corrected chi connectivity index (χ0v) is 10.1. The molecule has 15 heavy (non-hydrogen) atoms. The zero-order chi connectivity index (χ0) is 10.8. The summed E-state index contributed by atoms with van der Waals surface area (Å²) in [7, 11) is 1.76. The molecule has 2 rings (SSSR count). The Morgan fingerprint density at radius 1 is 1.53 bits per heavy atom. The Hall–Kier alpha value is -0.910. The summed E-state index contributed by atoms with van der Waals surface area (Å²) in [6.07, 6.45) is 3.67. The summed E-state index contributed by atoms with van der Waals surface area (Å²) >= 11 is 3.56. The molecular formula is C9H13BrN4O. The van der Waals surface area contributed by atoms with Crippen molar-refractivity contribution in [3.63, 3.8) is 0 Å². The maximum Gasteiger partial charge on any atom is 0.276 e. The lowest BCUT2D eigenvalue weighted by atomic mass is 10.1. The van der Waals surface area contributed by atoms with Gasteiger partial charge in [0.1, 0.15) is 0 Å². The van der Waals surface area contributed by atoms with Crippen molar-refractivity contribution in [1.29, 1.82) is 0 Å². The van der Waals surface area contributed by atoms with Gasteiger partial charge in [-0.05, 0) is 12.8 Å². The number of rotatable bonds is 1. The molecule has 1 fully saturated rings. The molecule has 0 spiro atoms. The topological polar surface area (TPSA) is 51.0 Å². The van der Waals surface area contributed by atoms with Crippen molar-refractivity contribution >= 4 is 21.8 Å². The number of hydrogen-bond acceptors (Lipinski definition) is 3. The van der Waals surface area contributed by atoms with E-state index in [1.54, 1.807) is 17.9 Å². The minimum atomic E-state index is -0.0116. The minimum Gasteiger partial charge on any atom is -0.337 e. The van der Waals surface area contributed by atoms with Crippen molar-refractivity contribution in [1.82, 2.24) is 19.9 Å². The average molecular weight is 273 g/mol. The first-order chi connectivity index (χ1) is 7.16. The van der Waals surface area contributed by atoms with E-state index in [0.29, 0.717) is 10.5 Å². The molecule has 1 aliphatic rings. The first-order valence-corrected chi connectivity index (χ1v) is 5.88. The Kier molecular flexibility index (Phi) is 3.04. The third kappa shape index (κ3) is 2.37. The minimum absolute atomic E-state index is 0.0116. The van der Waals surface area contributed by atoms with Crippen LogP contribution in [0.1, 0.15) is 23.3 Å². The smallest absolute Gasteiger partial charge is 0.276 e. The summed E-state index contributed by atoms with van der Waals surface area (Å²) in [5.74, 6) is -0.0116. The summed E-state index contributed by atoms with van der Waals surface area (Å²) < 4.78 is 1.55. The highest BCUT2D eigenvalue weighted by Gasteiger charge is 2.23. The fourth-order valence-electron chi connectivity index (χ4n) is 1.66. The van der Waals surface area contributed by atoms with Crippen LogP contribution in [0.3, 0.4) is 0 Å². The summed E-state index contributed by atoms with van der Waals surface area (Å²) in [5, 5.41) is 7.58. The molecule has 0 unspecified atom stereocenters. The van der Waals surface area contributed by atoms with Crippen LogP contribution in [0.2, 0.25) is 0 Å². The Balaban J connectivity index is 2.02. The van der Waals surface area contributed by atoms with Crippen molar-refractivity contribution < 1.29 is 4.79 Å². The van der Waals surface area contributed by atoms with E-state index in [0.717, 1.165) is 25.9 Å². The number of alkyl halides is 1. The third-order valence-corrected chi connectivity index (χ3v) is 3.45. The number of nitrogens with zero attached hydrogens (tertiary/aromatic N) is 4. The maximum atomic E-state index is 11.9. The highest BCUT2D eigenvalue weighted by atomic mass is 79.9. The van der Waals surface area contributed by atoms with E-state index in [9.17, 15) is 4.79 Å². The van der Waals surface area contributed by atoms with Gasteiger partial charge >= 0.3 is 0 Å². The normalized spacial score (nSPS) is 18.1. The van der Waals surface area contributed by atoms with Gasteiger partial charge in [0.15, 0.2) is 5.69 Å². The summed E-state index contributed by atoms with van der Waals surface area (Å²) in [5.41, 5.74) is 0.436. The molecule has 0 aromatic carbocycles. The molecule has 0 saturated carbocycles. The van der Waals surface area contributed by atoms with E-state index in [2.05, 4.69) is 26.2 Å². The number of hydrogen-bond donors (Lipinski definition) is 0. The predicted molar refractivity (Wildman–Crippen MR) is 58.9 cm³/mol. The standard InChI is InChI=1S/C9H13BrN4O/c1-13-6-8(11-12-13)9(15)14-4-2-7(10)3-5-14/h6-7H,2-5H2,1H3. The number of aryl methyl sites for hydroxylation is 1. The Bertz CT molecular complexity index is 357. The highest BCUT2D eigenvalue weighted by Crippen LogP contribution is 2.18. The van der Waals surface area contributed by atoms with E-state index >= 15 is 0 Å². The second-order valence-corrected chi connectivity index (χ2v) is 5.04. The number of amides is 1. The number of piperidine rings is 1. The molecule has 5 nitrogen and oxygen atoms in total. The molecule has 82 valence electrons. The van der Waals surface area contributed by atoms with E-state index in [1.165, 1.54) is 0 Å². The Morgan fingerprint density at radius 2 is 2.20 bits per heavy atom. The van der Waals surface area contributed by atoms with Gasteiger partial charge in [-0.3, -0.25) is 9.48 Å². The van der Waals surface area contributed by atoms with Crippen LogP contribution in [0, 0.1) is 0 Å². The number of carbonyl (C=O) groups is 1. The van der Waals surface area contributed by atoms with Gasteiger partial charge in [-0.15, -0.1) is 5.10 Å². The number of carbonyl (C=O) groups excluding carboxylic acids is 1. The predicted octanol–water partition coefficient (Wildman–Crippen LogP) is 0.815. The third-order valence-electron chi connectivity index (χ3n) is 2.53. The van der Waals surface area contributed by atoms with Gasteiger partial charge in [-0.2, -0.15) is 0 Å². The molecule has 0 aliphatic carbocycles. The van der Waals surface area contributed by atoms with Crippen molar-refractivity contribution in [3.8, 4) is 0 Å². The Morgan fingerprint density at radius 3 is 2.73 bits per heavy atom. The van der Waals surface area contributed by atoms with Crippen LogP contribution in [0.25, 0.3) is 0 Å². The zero-order valence-electron chi connectivity index (χ0n) is 8.56. The van der Waals surface area contributed by atoms with Crippen molar-refractivity contribution in [2.24, 2.45) is 7.05 Å². The molecule has 6 heteroatoms. The lowest BCUT2D eigenvalue weighted by molar-refractivity contribution is 0.0722. The Labute approximate surface area is 96.6 Å². The first kappa shape index (κ1) is 10.6. The molecule has 1 aromatic rings. The van der Waals surface area contributed by atoms with Gasteiger partial charge in [0.05, 0.1) is 6.20 Å². The van der Waals surface area contributed by atoms with Crippen molar-refractivity contribution in [2.75, 3.05) is 13.1 Å².